The average Bonchev–Trinajstić information content (AvgIpc) is 2.94. The second kappa shape index (κ2) is 7.47. The standard InChI is InChI=1S/C20H20FN5O3/c1-5-13-17(27)26(19(28)23-13)18-24-15(21)9-16(25-18)29-14-7-6-11(10-22)8-12(14)20(2,3)4/h6-9,13H,5H2,1-4H3,(H,23,28)/t13-/m1/s1. The Morgan fingerprint density at radius 2 is 2.00 bits per heavy atom. The van der Waals surface area contributed by atoms with Gasteiger partial charge in [-0.25, -0.2) is 4.79 Å². The largest absolute Gasteiger partial charge is 0.438 e. The number of hydrogen-bond acceptors (Lipinski definition) is 6. The first-order chi connectivity index (χ1) is 13.6. The molecule has 1 aliphatic rings. The molecule has 0 radical (unpaired) electrons. The van der Waals surface area contributed by atoms with Crippen LogP contribution in [-0.4, -0.2) is 27.9 Å². The normalized spacial score (nSPS) is 16.6. The van der Waals surface area contributed by atoms with Crippen LogP contribution in [0.1, 0.15) is 45.2 Å². The van der Waals surface area contributed by atoms with Crippen LogP contribution in [0.3, 0.4) is 0 Å². The van der Waals surface area contributed by atoms with Crippen molar-refractivity contribution < 1.29 is 18.7 Å². The lowest BCUT2D eigenvalue weighted by atomic mass is 9.85. The molecule has 3 rings (SSSR count). The predicted molar refractivity (Wildman–Crippen MR) is 102 cm³/mol. The minimum Gasteiger partial charge on any atom is -0.438 e. The highest BCUT2D eigenvalue weighted by atomic mass is 19.1. The first kappa shape index (κ1) is 20.2. The number of ether oxygens (including phenoxy) is 1. The molecule has 9 heteroatoms. The molecule has 1 aliphatic heterocycles. The third kappa shape index (κ3) is 4.01. The van der Waals surface area contributed by atoms with Crippen LogP contribution in [0.2, 0.25) is 0 Å². The Labute approximate surface area is 167 Å². The number of nitrogens with one attached hydrogen (secondary N) is 1. The van der Waals surface area contributed by atoms with Gasteiger partial charge in [-0.2, -0.15) is 24.5 Å². The smallest absolute Gasteiger partial charge is 0.331 e. The number of aromatic nitrogens is 2. The Bertz CT molecular complexity index is 1030. The number of carbonyl (C=O) groups is 2. The van der Waals surface area contributed by atoms with Crippen LogP contribution in [-0.2, 0) is 10.2 Å². The van der Waals surface area contributed by atoms with Crippen molar-refractivity contribution in [1.82, 2.24) is 15.3 Å². The lowest BCUT2D eigenvalue weighted by molar-refractivity contribution is -0.118. The van der Waals surface area contributed by atoms with E-state index in [1.54, 1.807) is 25.1 Å². The molecule has 150 valence electrons. The summed E-state index contributed by atoms with van der Waals surface area (Å²) in [6.45, 7) is 7.58. The van der Waals surface area contributed by atoms with Crippen LogP contribution in [0.25, 0.3) is 0 Å². The summed E-state index contributed by atoms with van der Waals surface area (Å²) in [5.74, 6) is -1.68. The Hall–Kier alpha value is -3.54. The molecule has 29 heavy (non-hydrogen) atoms. The van der Waals surface area contributed by atoms with E-state index < -0.39 is 29.9 Å². The van der Waals surface area contributed by atoms with Crippen LogP contribution in [0.15, 0.2) is 24.3 Å². The number of imide groups is 1. The first-order valence-corrected chi connectivity index (χ1v) is 9.05. The third-order valence-corrected chi connectivity index (χ3v) is 4.42. The quantitative estimate of drug-likeness (QED) is 0.626. The molecule has 0 spiro atoms. The van der Waals surface area contributed by atoms with Gasteiger partial charge < -0.3 is 10.1 Å². The number of nitrogens with zero attached hydrogens (tertiary/aromatic N) is 4. The minimum atomic E-state index is -0.948. The fraction of sp³-hybridized carbons (Fsp3) is 0.350. The maximum absolute atomic E-state index is 14.1. The zero-order valence-corrected chi connectivity index (χ0v) is 16.5. The zero-order chi connectivity index (χ0) is 21.3. The Morgan fingerprint density at radius 3 is 2.59 bits per heavy atom. The van der Waals surface area contributed by atoms with Gasteiger partial charge in [0.15, 0.2) is 0 Å². The molecular formula is C20H20FN5O3. The molecule has 1 aromatic carbocycles. The van der Waals surface area contributed by atoms with Gasteiger partial charge in [0.25, 0.3) is 5.91 Å². The topological polar surface area (TPSA) is 108 Å². The second-order valence-corrected chi connectivity index (χ2v) is 7.59. The molecule has 2 aromatic rings. The van der Waals surface area contributed by atoms with Crippen LogP contribution in [0.4, 0.5) is 15.1 Å². The average molecular weight is 397 g/mol. The molecule has 1 saturated heterocycles. The van der Waals surface area contributed by atoms with E-state index in [4.69, 9.17) is 10.00 Å². The van der Waals surface area contributed by atoms with Crippen molar-refractivity contribution >= 4 is 17.9 Å². The van der Waals surface area contributed by atoms with Crippen LogP contribution in [0.5, 0.6) is 11.6 Å². The van der Waals surface area contributed by atoms with Crippen molar-refractivity contribution in [3.63, 3.8) is 0 Å². The summed E-state index contributed by atoms with van der Waals surface area (Å²) < 4.78 is 19.9. The van der Waals surface area contributed by atoms with E-state index in [1.807, 2.05) is 20.8 Å². The Kier molecular flexibility index (Phi) is 5.20. The van der Waals surface area contributed by atoms with Gasteiger partial charge in [-0.1, -0.05) is 27.7 Å². The first-order valence-electron chi connectivity index (χ1n) is 9.05. The van der Waals surface area contributed by atoms with Crippen LogP contribution < -0.4 is 15.0 Å². The number of benzene rings is 1. The lowest BCUT2D eigenvalue weighted by Crippen LogP contribution is -2.33. The fourth-order valence-corrected chi connectivity index (χ4v) is 2.92. The molecule has 1 N–H and O–H groups in total. The summed E-state index contributed by atoms with van der Waals surface area (Å²) >= 11 is 0. The van der Waals surface area contributed by atoms with Crippen molar-refractivity contribution in [3.05, 3.63) is 41.3 Å². The van der Waals surface area contributed by atoms with Gasteiger partial charge in [-0.15, -0.1) is 0 Å². The molecule has 0 bridgehead atoms. The summed E-state index contributed by atoms with van der Waals surface area (Å²) in [6.07, 6.45) is 0.389. The summed E-state index contributed by atoms with van der Waals surface area (Å²) in [7, 11) is 0. The third-order valence-electron chi connectivity index (χ3n) is 4.42. The van der Waals surface area contributed by atoms with Crippen molar-refractivity contribution in [2.45, 2.75) is 45.6 Å². The minimum absolute atomic E-state index is 0.164. The number of carbonyl (C=O) groups excluding carboxylic acids is 2. The SMILES string of the molecule is CC[C@H]1NC(=O)N(c2nc(F)cc(Oc3ccc(C#N)cc3C(C)(C)C)n2)C1=O. The highest BCUT2D eigenvalue weighted by Crippen LogP contribution is 2.35. The van der Waals surface area contributed by atoms with E-state index in [0.29, 0.717) is 22.6 Å². The Morgan fingerprint density at radius 1 is 1.28 bits per heavy atom. The Balaban J connectivity index is 2.00. The van der Waals surface area contributed by atoms with E-state index >= 15 is 0 Å². The van der Waals surface area contributed by atoms with Gasteiger partial charge in [0.05, 0.1) is 17.7 Å². The van der Waals surface area contributed by atoms with Gasteiger partial charge in [-0.3, -0.25) is 4.79 Å². The van der Waals surface area contributed by atoms with Crippen molar-refractivity contribution in [2.24, 2.45) is 0 Å². The number of amides is 3. The van der Waals surface area contributed by atoms with Gasteiger partial charge >= 0.3 is 6.03 Å². The lowest BCUT2D eigenvalue weighted by Gasteiger charge is -2.22. The highest BCUT2D eigenvalue weighted by Gasteiger charge is 2.40. The predicted octanol–water partition coefficient (Wildman–Crippen LogP) is 3.41. The number of rotatable bonds is 4. The molecule has 3 amide bonds. The monoisotopic (exact) mass is 397 g/mol. The number of nitriles is 1. The molecule has 0 aliphatic carbocycles. The van der Waals surface area contributed by atoms with Crippen molar-refractivity contribution in [2.75, 3.05) is 4.90 Å². The molecule has 0 saturated carbocycles. The number of hydrogen-bond donors (Lipinski definition) is 1. The van der Waals surface area contributed by atoms with Crippen molar-refractivity contribution in [3.8, 4) is 17.7 Å². The summed E-state index contributed by atoms with van der Waals surface area (Å²) in [4.78, 5) is 32.8. The van der Waals surface area contributed by atoms with Crippen LogP contribution in [0, 0.1) is 17.3 Å². The summed E-state index contributed by atoms with van der Waals surface area (Å²) in [5, 5.41) is 11.7. The van der Waals surface area contributed by atoms with E-state index in [9.17, 15) is 14.0 Å². The van der Waals surface area contributed by atoms with E-state index in [1.165, 1.54) is 0 Å². The van der Waals surface area contributed by atoms with Crippen molar-refractivity contribution in [1.29, 1.82) is 5.26 Å². The number of urea groups is 1. The highest BCUT2D eigenvalue weighted by molar-refractivity contribution is 6.20. The fourth-order valence-electron chi connectivity index (χ4n) is 2.92. The maximum atomic E-state index is 14.1. The van der Waals surface area contributed by atoms with Crippen LogP contribution >= 0.6 is 0 Å². The van der Waals surface area contributed by atoms with E-state index in [-0.39, 0.29) is 11.3 Å². The number of anilines is 1. The van der Waals surface area contributed by atoms with E-state index in [2.05, 4.69) is 21.4 Å². The molecule has 0 unspecified atom stereocenters. The molecule has 1 fully saturated rings. The van der Waals surface area contributed by atoms with Gasteiger partial charge in [0, 0.05) is 5.56 Å². The molecule has 8 nitrogen and oxygen atoms in total. The van der Waals surface area contributed by atoms with Gasteiger partial charge in [-0.05, 0) is 30.0 Å². The molecule has 2 heterocycles. The second-order valence-electron chi connectivity index (χ2n) is 7.59. The molecule has 1 atom stereocenters. The molecular weight excluding hydrogens is 377 g/mol. The summed E-state index contributed by atoms with van der Waals surface area (Å²) in [6, 6.07) is 6.48. The van der Waals surface area contributed by atoms with E-state index in [0.717, 1.165) is 11.6 Å². The maximum Gasteiger partial charge on any atom is 0.331 e. The molecule has 1 aromatic heterocycles. The van der Waals surface area contributed by atoms with Gasteiger partial charge in [0.1, 0.15) is 11.8 Å². The number of halogens is 1. The summed E-state index contributed by atoms with van der Waals surface area (Å²) in [5.41, 5.74) is 0.815. The zero-order valence-electron chi connectivity index (χ0n) is 16.5. The van der Waals surface area contributed by atoms with Gasteiger partial charge in [0.2, 0.25) is 17.8 Å².